The van der Waals surface area contributed by atoms with Crippen LogP contribution in [0.25, 0.3) is 16.3 Å². The fourth-order valence-corrected chi connectivity index (χ4v) is 4.70. The van der Waals surface area contributed by atoms with Crippen molar-refractivity contribution >= 4 is 27.7 Å². The van der Waals surface area contributed by atoms with Gasteiger partial charge in [-0.1, -0.05) is 6.08 Å². The third-order valence-corrected chi connectivity index (χ3v) is 6.38. The van der Waals surface area contributed by atoms with Crippen LogP contribution in [-0.4, -0.2) is 47.0 Å². The molecule has 2 heterocycles. The molecule has 1 aliphatic carbocycles. The predicted molar refractivity (Wildman–Crippen MR) is 120 cm³/mol. The van der Waals surface area contributed by atoms with Gasteiger partial charge in [-0.2, -0.15) is 0 Å². The van der Waals surface area contributed by atoms with E-state index in [1.165, 1.54) is 24.4 Å². The predicted octanol–water partition coefficient (Wildman–Crippen LogP) is 4.79. The maximum atomic E-state index is 13.7. The lowest BCUT2D eigenvalue weighted by atomic mass is 10.1. The summed E-state index contributed by atoms with van der Waals surface area (Å²) in [5, 5.41) is 12.2. The van der Waals surface area contributed by atoms with Gasteiger partial charge < -0.3 is 4.90 Å². The second-order valence-electron chi connectivity index (χ2n) is 8.27. The minimum absolute atomic E-state index is 0.228. The number of anilines is 1. The lowest BCUT2D eigenvalue weighted by Crippen LogP contribution is -2.49. The zero-order chi connectivity index (χ0) is 22.2. The van der Waals surface area contributed by atoms with Crippen LogP contribution in [0.1, 0.15) is 18.5 Å². The molecule has 0 saturated carbocycles. The minimum Gasteiger partial charge on any atom is -0.369 e. The average Bonchev–Trinajstić information content (AvgIpc) is 3.29. The molecule has 32 heavy (non-hydrogen) atoms. The number of nitro groups is 1. The number of non-ortho nitro benzene ring substituents is 1. The number of nitro benzene ring substituents is 1. The molecular weight excluding hydrogens is 414 g/mol. The molecule has 1 saturated heterocycles. The SMILES string of the molecule is O=[N+]([O-])c1cc(F)cc2cnc(C3=CC(N4CCN(c5ccc(F)cc5)CC4)CC3)cc12. The van der Waals surface area contributed by atoms with Crippen molar-refractivity contribution in [3.8, 4) is 0 Å². The summed E-state index contributed by atoms with van der Waals surface area (Å²) in [5.41, 5.74) is 2.57. The number of piperazine rings is 1. The molecule has 1 fully saturated rings. The summed E-state index contributed by atoms with van der Waals surface area (Å²) in [4.78, 5) is 20.0. The van der Waals surface area contributed by atoms with Crippen LogP contribution in [0.2, 0.25) is 0 Å². The normalized spacial score (nSPS) is 19.4. The molecule has 0 amide bonds. The van der Waals surface area contributed by atoms with E-state index in [1.807, 2.05) is 12.1 Å². The topological polar surface area (TPSA) is 62.5 Å². The van der Waals surface area contributed by atoms with Crippen molar-refractivity contribution in [3.05, 3.63) is 82.2 Å². The Kier molecular flexibility index (Phi) is 5.30. The van der Waals surface area contributed by atoms with E-state index in [9.17, 15) is 18.9 Å². The van der Waals surface area contributed by atoms with Crippen molar-refractivity contribution in [2.45, 2.75) is 18.9 Å². The maximum absolute atomic E-state index is 13.7. The highest BCUT2D eigenvalue weighted by molar-refractivity contribution is 5.92. The van der Waals surface area contributed by atoms with E-state index in [-0.39, 0.29) is 11.5 Å². The van der Waals surface area contributed by atoms with Gasteiger partial charge in [-0.15, -0.1) is 0 Å². The monoisotopic (exact) mass is 436 g/mol. The molecule has 8 heteroatoms. The summed E-state index contributed by atoms with van der Waals surface area (Å²) in [5.74, 6) is -0.868. The molecular formula is C24H22F2N4O2. The molecule has 164 valence electrons. The third-order valence-electron chi connectivity index (χ3n) is 6.38. The van der Waals surface area contributed by atoms with E-state index in [2.05, 4.69) is 20.9 Å². The van der Waals surface area contributed by atoms with Gasteiger partial charge in [-0.05, 0) is 54.8 Å². The van der Waals surface area contributed by atoms with E-state index >= 15 is 0 Å². The summed E-state index contributed by atoms with van der Waals surface area (Å²) in [6.45, 7) is 3.55. The third kappa shape index (κ3) is 3.93. The van der Waals surface area contributed by atoms with Crippen LogP contribution in [0.3, 0.4) is 0 Å². The van der Waals surface area contributed by atoms with E-state index < -0.39 is 10.7 Å². The van der Waals surface area contributed by atoms with Crippen LogP contribution < -0.4 is 4.90 Å². The average molecular weight is 436 g/mol. The van der Waals surface area contributed by atoms with E-state index in [4.69, 9.17) is 0 Å². The first-order chi connectivity index (χ1) is 15.5. The first-order valence-corrected chi connectivity index (χ1v) is 10.7. The van der Waals surface area contributed by atoms with Gasteiger partial charge in [0.15, 0.2) is 0 Å². The van der Waals surface area contributed by atoms with Crippen LogP contribution >= 0.6 is 0 Å². The van der Waals surface area contributed by atoms with Crippen molar-refractivity contribution in [1.29, 1.82) is 0 Å². The molecule has 2 aromatic carbocycles. The molecule has 3 aromatic rings. The summed E-state index contributed by atoms with van der Waals surface area (Å²) >= 11 is 0. The highest BCUT2D eigenvalue weighted by atomic mass is 19.1. The smallest absolute Gasteiger partial charge is 0.280 e. The Morgan fingerprint density at radius 1 is 1.00 bits per heavy atom. The molecule has 5 rings (SSSR count). The number of halogens is 2. The van der Waals surface area contributed by atoms with Gasteiger partial charge in [0.2, 0.25) is 0 Å². The Labute approximate surface area is 183 Å². The number of hydrogen-bond acceptors (Lipinski definition) is 5. The first-order valence-electron chi connectivity index (χ1n) is 10.7. The fraction of sp³-hybridized carbons (Fsp3) is 0.292. The van der Waals surface area contributed by atoms with Crippen LogP contribution in [0.4, 0.5) is 20.2 Å². The molecule has 1 aromatic heterocycles. The zero-order valence-corrected chi connectivity index (χ0v) is 17.4. The zero-order valence-electron chi connectivity index (χ0n) is 17.4. The Balaban J connectivity index is 1.32. The standard InChI is InChI=1S/C24H22F2N4O2/c25-18-2-5-20(6-3-18)28-7-9-29(10-8-28)21-4-1-16(12-21)23-14-22-17(15-27-23)11-19(26)13-24(22)30(31)32/h2-3,5-6,11-15,21H,1,4,7-10H2. The van der Waals surface area contributed by atoms with Gasteiger partial charge in [0.1, 0.15) is 11.6 Å². The minimum atomic E-state index is -0.640. The molecule has 0 N–H and O–H groups in total. The number of pyridine rings is 1. The number of hydrogen-bond donors (Lipinski definition) is 0. The van der Waals surface area contributed by atoms with Gasteiger partial charge in [0.25, 0.3) is 5.69 Å². The maximum Gasteiger partial charge on any atom is 0.280 e. The molecule has 0 bridgehead atoms. The molecule has 6 nitrogen and oxygen atoms in total. The number of rotatable bonds is 4. The summed E-state index contributed by atoms with van der Waals surface area (Å²) in [7, 11) is 0. The van der Waals surface area contributed by atoms with Crippen LogP contribution in [-0.2, 0) is 0 Å². The molecule has 1 atom stereocenters. The summed E-state index contributed by atoms with van der Waals surface area (Å²) < 4.78 is 26.9. The van der Waals surface area contributed by atoms with Crippen molar-refractivity contribution < 1.29 is 13.7 Å². The fourth-order valence-electron chi connectivity index (χ4n) is 4.70. The van der Waals surface area contributed by atoms with Crippen molar-refractivity contribution in [2.24, 2.45) is 0 Å². The lowest BCUT2D eigenvalue weighted by molar-refractivity contribution is -0.383. The van der Waals surface area contributed by atoms with Gasteiger partial charge in [0.05, 0.1) is 22.1 Å². The highest BCUT2D eigenvalue weighted by Gasteiger charge is 2.27. The Morgan fingerprint density at radius 2 is 1.75 bits per heavy atom. The number of benzene rings is 2. The highest BCUT2D eigenvalue weighted by Crippen LogP contribution is 2.34. The van der Waals surface area contributed by atoms with Crippen LogP contribution in [0, 0.1) is 21.7 Å². The molecule has 2 aliphatic rings. The number of aromatic nitrogens is 1. The van der Waals surface area contributed by atoms with Gasteiger partial charge in [0, 0.05) is 49.5 Å². The first kappa shape index (κ1) is 20.5. The Bertz CT molecular complexity index is 1200. The largest absolute Gasteiger partial charge is 0.369 e. The molecule has 0 radical (unpaired) electrons. The number of fused-ring (bicyclic) bond motifs is 1. The quantitative estimate of drug-likeness (QED) is 0.435. The summed E-state index contributed by atoms with van der Waals surface area (Å²) in [6, 6.07) is 10.8. The second-order valence-corrected chi connectivity index (χ2v) is 8.27. The van der Waals surface area contributed by atoms with Crippen LogP contribution in [0.15, 0.2) is 54.7 Å². The molecule has 1 unspecified atom stereocenters. The van der Waals surface area contributed by atoms with E-state index in [0.29, 0.717) is 22.5 Å². The number of nitrogens with zero attached hydrogens (tertiary/aromatic N) is 4. The second kappa shape index (κ2) is 8.27. The van der Waals surface area contributed by atoms with Crippen molar-refractivity contribution in [1.82, 2.24) is 9.88 Å². The molecule has 1 aliphatic heterocycles. The van der Waals surface area contributed by atoms with E-state index in [0.717, 1.165) is 56.3 Å². The number of allylic oxidation sites excluding steroid dienone is 1. The van der Waals surface area contributed by atoms with Gasteiger partial charge in [-0.3, -0.25) is 20.0 Å². The Hall–Kier alpha value is -3.39. The Morgan fingerprint density at radius 3 is 2.47 bits per heavy atom. The van der Waals surface area contributed by atoms with Gasteiger partial charge in [-0.25, -0.2) is 8.78 Å². The lowest BCUT2D eigenvalue weighted by Gasteiger charge is -2.38. The summed E-state index contributed by atoms with van der Waals surface area (Å²) in [6.07, 6.45) is 5.53. The van der Waals surface area contributed by atoms with Crippen molar-refractivity contribution in [2.75, 3.05) is 31.1 Å². The van der Waals surface area contributed by atoms with Crippen LogP contribution in [0.5, 0.6) is 0 Å². The van der Waals surface area contributed by atoms with Crippen molar-refractivity contribution in [3.63, 3.8) is 0 Å². The van der Waals surface area contributed by atoms with E-state index in [1.54, 1.807) is 6.07 Å². The molecule has 0 spiro atoms. The van der Waals surface area contributed by atoms with Gasteiger partial charge >= 0.3 is 0 Å².